The molecule has 5 aromatic rings. The average Bonchev–Trinajstić information content (AvgIpc) is 2.98. The van der Waals surface area contributed by atoms with Gasteiger partial charge in [-0.3, -0.25) is 0 Å². The number of pyridine rings is 1. The zero-order chi connectivity index (χ0) is 24.2. The predicted octanol–water partition coefficient (Wildman–Crippen LogP) is 8.01. The van der Waals surface area contributed by atoms with Crippen LogP contribution in [0.1, 0.15) is 5.56 Å². The van der Waals surface area contributed by atoms with E-state index < -0.39 is 0 Å². The smallest absolute Gasteiger partial charge is 0.0167 e. The molecule has 0 fully saturated rings. The van der Waals surface area contributed by atoms with E-state index in [1.165, 1.54) is 21.5 Å². The van der Waals surface area contributed by atoms with Crippen LogP contribution in [0.2, 0.25) is 0 Å². The molecule has 4 aromatic carbocycles. The van der Waals surface area contributed by atoms with Crippen LogP contribution in [-0.2, 0) is 40.2 Å². The van der Waals surface area contributed by atoms with Crippen molar-refractivity contribution >= 4 is 27.3 Å². The molecule has 190 valence electrons. The molecule has 1 aliphatic heterocycles. The van der Waals surface area contributed by atoms with Crippen LogP contribution in [0.3, 0.4) is 0 Å². The molecular weight excluding hydrogens is 821 g/mol. The Morgan fingerprint density at radius 3 is 2.13 bits per heavy atom. The van der Waals surface area contributed by atoms with E-state index >= 15 is 0 Å². The summed E-state index contributed by atoms with van der Waals surface area (Å²) >= 11 is 0. The first-order chi connectivity index (χ1) is 17.9. The van der Waals surface area contributed by atoms with E-state index in [1.807, 2.05) is 48.8 Å². The quantitative estimate of drug-likeness (QED) is 0.131. The molecule has 7 rings (SSSR count). The van der Waals surface area contributed by atoms with Crippen LogP contribution in [-0.4, -0.2) is 10.7 Å². The fourth-order valence-electron chi connectivity index (χ4n) is 4.88. The van der Waals surface area contributed by atoms with Crippen molar-refractivity contribution in [2.75, 3.05) is 0 Å². The van der Waals surface area contributed by atoms with Gasteiger partial charge in [-0.2, -0.15) is 0 Å². The molecule has 2 atom stereocenters. The van der Waals surface area contributed by atoms with E-state index in [1.54, 1.807) is 0 Å². The number of allylic oxidation sites excluding steroid dienone is 5. The van der Waals surface area contributed by atoms with Crippen molar-refractivity contribution in [2.45, 2.75) is 0 Å². The summed E-state index contributed by atoms with van der Waals surface area (Å²) in [6, 6.07) is 37.4. The molecule has 2 unspecified atom stereocenters. The maximum absolute atomic E-state index is 4.55. The number of benzene rings is 4. The Hall–Kier alpha value is -3.26. The third-order valence-corrected chi connectivity index (χ3v) is 6.64. The molecule has 0 amide bonds. The van der Waals surface area contributed by atoms with Gasteiger partial charge >= 0.3 is 0 Å². The van der Waals surface area contributed by atoms with Crippen LogP contribution in [0.15, 0.2) is 139 Å². The molecule has 38 heavy (non-hydrogen) atoms. The largest absolute Gasteiger partial charge is 0.309 e. The van der Waals surface area contributed by atoms with Gasteiger partial charge in [0, 0.05) is 58.5 Å². The van der Waals surface area contributed by atoms with E-state index in [-0.39, 0.29) is 40.2 Å². The van der Waals surface area contributed by atoms with Gasteiger partial charge in [-0.1, -0.05) is 66.8 Å². The third-order valence-electron chi connectivity index (χ3n) is 6.64. The number of nitrogens with zero attached hydrogens (tertiary/aromatic N) is 2. The number of hydrogen-bond acceptors (Lipinski definition) is 2. The van der Waals surface area contributed by atoms with E-state index in [0.29, 0.717) is 11.8 Å². The molecule has 0 saturated heterocycles. The fourth-order valence-corrected chi connectivity index (χ4v) is 4.88. The topological polar surface area (TPSA) is 25.2 Å². The second-order valence-corrected chi connectivity index (χ2v) is 8.82. The maximum atomic E-state index is 4.55. The summed E-state index contributed by atoms with van der Waals surface area (Å²) in [4.78, 5) is 9.06. The second-order valence-electron chi connectivity index (χ2n) is 8.82. The minimum Gasteiger partial charge on any atom is -0.309 e. The van der Waals surface area contributed by atoms with E-state index in [9.17, 15) is 0 Å². The Kier molecular flexibility index (Phi) is 9.50. The van der Waals surface area contributed by atoms with E-state index in [0.717, 1.165) is 22.5 Å². The summed E-state index contributed by atoms with van der Waals surface area (Å²) in [5.74, 6) is 0.819. The van der Waals surface area contributed by atoms with Crippen molar-refractivity contribution in [1.29, 1.82) is 0 Å². The predicted molar refractivity (Wildman–Crippen MR) is 150 cm³/mol. The van der Waals surface area contributed by atoms with Gasteiger partial charge in [-0.05, 0) is 44.9 Å². The van der Waals surface area contributed by atoms with Gasteiger partial charge < -0.3 is 9.98 Å². The van der Waals surface area contributed by atoms with Crippen LogP contribution in [0.5, 0.6) is 0 Å². The minimum atomic E-state index is 0. The number of rotatable bonds is 2. The molecule has 0 bridgehead atoms. The molecule has 2 radical (unpaired) electrons. The van der Waals surface area contributed by atoms with Gasteiger partial charge in [0.05, 0.1) is 0 Å². The number of aromatic nitrogens is 1. The Bertz CT molecular complexity index is 1640. The van der Waals surface area contributed by atoms with E-state index in [2.05, 4.69) is 107 Å². The SMILES string of the molecule is [Ir].[Ir].[c-]1ccccc1-c1nccc2c1ccc1ccccc12.[c-]1ccccc1C1=NC=CC2C=CC=CC12. The summed E-state index contributed by atoms with van der Waals surface area (Å²) in [5, 5.41) is 4.94. The molecule has 4 heteroatoms. The second kappa shape index (κ2) is 13.0. The van der Waals surface area contributed by atoms with Crippen molar-refractivity contribution in [2.24, 2.45) is 16.8 Å². The summed E-state index contributed by atoms with van der Waals surface area (Å²) in [6.07, 6.45) is 14.6. The monoisotopic (exact) mass is 846 g/mol. The molecule has 0 spiro atoms. The van der Waals surface area contributed by atoms with Crippen molar-refractivity contribution in [3.8, 4) is 11.3 Å². The first-order valence-electron chi connectivity index (χ1n) is 12.2. The molecule has 1 aromatic heterocycles. The van der Waals surface area contributed by atoms with Crippen LogP contribution in [0.4, 0.5) is 0 Å². The third kappa shape index (κ3) is 5.75. The van der Waals surface area contributed by atoms with Gasteiger partial charge in [0.1, 0.15) is 0 Å². The Morgan fingerprint density at radius 2 is 1.34 bits per heavy atom. The molecule has 0 saturated carbocycles. The Balaban J connectivity index is 0.000000172. The number of hydrogen-bond donors (Lipinski definition) is 0. The summed E-state index contributed by atoms with van der Waals surface area (Å²) in [6.45, 7) is 0. The standard InChI is InChI=1S/C19H12N.C15H12N.2Ir/c1-2-7-15(8-3-1)19-18-11-10-14-6-4-5-9-16(14)17(18)12-13-20-19;1-2-7-13(8-3-1)15-14-9-5-4-6-12(14)10-11-16-15;;/h1-7,9-13H;1-7,9-12,14H;;/q2*-1;;. The summed E-state index contributed by atoms with van der Waals surface area (Å²) < 4.78 is 0. The first-order valence-corrected chi connectivity index (χ1v) is 12.2. The van der Waals surface area contributed by atoms with Gasteiger partial charge in [0.2, 0.25) is 0 Å². The summed E-state index contributed by atoms with van der Waals surface area (Å²) in [5.41, 5.74) is 4.25. The van der Waals surface area contributed by atoms with Crippen molar-refractivity contribution in [3.63, 3.8) is 0 Å². The molecule has 2 aliphatic rings. The van der Waals surface area contributed by atoms with Crippen LogP contribution in [0, 0.1) is 24.0 Å². The van der Waals surface area contributed by atoms with Gasteiger partial charge in [-0.25, -0.2) is 0 Å². The molecule has 2 heterocycles. The molecule has 2 nitrogen and oxygen atoms in total. The zero-order valence-corrected chi connectivity index (χ0v) is 25.2. The molecular formula is C34H24Ir2N2-2. The van der Waals surface area contributed by atoms with Crippen LogP contribution >= 0.6 is 0 Å². The Morgan fingerprint density at radius 1 is 0.605 bits per heavy atom. The van der Waals surface area contributed by atoms with Crippen molar-refractivity contribution in [1.82, 2.24) is 4.98 Å². The van der Waals surface area contributed by atoms with Gasteiger partial charge in [-0.15, -0.1) is 71.8 Å². The minimum absolute atomic E-state index is 0. The molecule has 0 N–H and O–H groups in total. The van der Waals surface area contributed by atoms with Gasteiger partial charge in [0.15, 0.2) is 0 Å². The van der Waals surface area contributed by atoms with Crippen molar-refractivity contribution in [3.05, 3.63) is 151 Å². The normalized spacial score (nSPS) is 16.9. The van der Waals surface area contributed by atoms with Crippen LogP contribution < -0.4 is 0 Å². The number of aliphatic imine (C=N–C) groups is 1. The fraction of sp³-hybridized carbons (Fsp3) is 0.0588. The zero-order valence-electron chi connectivity index (χ0n) is 20.4. The average molecular weight is 845 g/mol. The summed E-state index contributed by atoms with van der Waals surface area (Å²) in [7, 11) is 0. The van der Waals surface area contributed by atoms with Crippen molar-refractivity contribution < 1.29 is 40.2 Å². The first kappa shape index (κ1) is 27.8. The van der Waals surface area contributed by atoms with Gasteiger partial charge in [0.25, 0.3) is 0 Å². The van der Waals surface area contributed by atoms with E-state index in [4.69, 9.17) is 0 Å². The number of fused-ring (bicyclic) bond motifs is 4. The maximum Gasteiger partial charge on any atom is 0.0167 e. The molecule has 1 aliphatic carbocycles. The Labute approximate surface area is 250 Å². The van der Waals surface area contributed by atoms with Crippen LogP contribution in [0.25, 0.3) is 32.8 Å².